The van der Waals surface area contributed by atoms with Gasteiger partial charge in [-0.15, -0.1) is 16.9 Å². The number of likely N-dealkylation sites (N-methyl/N-ethyl adjacent to an activating group) is 2. The Kier molecular flexibility index (Phi) is 20.1. The number of halogens is 1. The number of pyridine rings is 1. The molecule has 3 aromatic heterocycles. The number of benzene rings is 1. The van der Waals surface area contributed by atoms with Crippen LogP contribution in [0.5, 0.6) is 0 Å². The van der Waals surface area contributed by atoms with Crippen LogP contribution in [-0.2, 0) is 55.8 Å². The number of fused-ring (bicyclic) bond motifs is 1. The van der Waals surface area contributed by atoms with Crippen LogP contribution in [0.4, 0.5) is 0 Å². The molecule has 3 N–H and O–H groups in total. The molecule has 3 aliphatic heterocycles. The van der Waals surface area contributed by atoms with Crippen LogP contribution >= 0.6 is 34.4 Å². The van der Waals surface area contributed by atoms with Crippen molar-refractivity contribution < 1.29 is 58.2 Å². The van der Waals surface area contributed by atoms with E-state index in [1.165, 1.54) is 18.7 Å². The summed E-state index contributed by atoms with van der Waals surface area (Å²) in [5.74, 6) is -5.21. The van der Waals surface area contributed by atoms with Crippen molar-refractivity contribution >= 4 is 58.4 Å². The van der Waals surface area contributed by atoms with E-state index in [2.05, 4.69) is 20.3 Å². The number of cyclic esters (lactones) is 1. The molecule has 0 aliphatic carbocycles. The molecule has 416 valence electrons. The number of alkyl halides is 1. The average Bonchev–Trinajstić information content (AvgIpc) is 4.10. The van der Waals surface area contributed by atoms with Gasteiger partial charge >= 0.3 is 5.97 Å². The molecule has 76 heavy (non-hydrogen) atoms. The highest BCUT2D eigenvalue weighted by Gasteiger charge is 2.63. The van der Waals surface area contributed by atoms with Crippen molar-refractivity contribution in [3.05, 3.63) is 78.8 Å². The summed E-state index contributed by atoms with van der Waals surface area (Å²) >= 11 is 3.50. The van der Waals surface area contributed by atoms with Crippen LogP contribution in [0.1, 0.15) is 90.6 Å². The van der Waals surface area contributed by atoms with Crippen molar-refractivity contribution in [1.29, 1.82) is 0 Å². The number of aliphatic hydroxyl groups excluding tert-OH is 3. The highest BCUT2D eigenvalue weighted by atomic mass is 127. The molecule has 1 aromatic carbocycles. The minimum absolute atomic E-state index is 0.0784. The number of carbonyl (C=O) groups is 4. The second-order valence-electron chi connectivity index (χ2n) is 21.2. The Morgan fingerprint density at radius 1 is 1.08 bits per heavy atom. The lowest BCUT2D eigenvalue weighted by Gasteiger charge is -2.59. The van der Waals surface area contributed by atoms with E-state index in [9.17, 15) is 29.7 Å². The number of imidazole rings is 1. The molecule has 3 fully saturated rings. The van der Waals surface area contributed by atoms with E-state index in [1.54, 1.807) is 57.5 Å². The SMILES string of the molecule is CO[C@]1(C)C[C@@H](C)C(=O)[C@@H]2C(CCCn3cnc(-c4cccnc4)c3)N(C)[C@@H]2[C@](C)(OC=O)[C@@H](I)OC(=O)[C@H](C)C(=O)[C@H](C)[C@H]1O[C@@H]1O[C@H](C)C[C@H](N(C)CCc2cn(C(CO)[C@@H](O)c3ccc(SC)cc3)nn2)[C@H]1O. The van der Waals surface area contributed by atoms with E-state index in [0.29, 0.717) is 56.5 Å². The first-order chi connectivity index (χ1) is 36.2. The normalized spacial score (nSPS) is 32.7. The standard InChI is InChI=1S/C54H75IN8O12S/c1-31-24-53(5,71-9)49(74-51-47(69)41(23-32(2)73-51)60(7)22-19-37-26-63(59-58-37)42(28-64)46(68)35-15-17-38(76-10)18-16-35)33(3)45(67)34(4)50(70)75-52(55)54(6,72-30-65)48-43(44(31)66)40(61(48)8)14-12-21-62-27-39(57-29-62)36-13-11-20-56-25-36/h11,13,15-18,20,25-27,29-34,40-43,46-49,51-52,64,68-69H,12,14,19,21-24,28H2,1-10H3/t31-,32-,33+,34-,40?,41+,42?,43+,46+,47-,48+,49-,51+,52+,53-,54+/m1/s1. The van der Waals surface area contributed by atoms with Crippen LogP contribution in [0.25, 0.3) is 11.3 Å². The third kappa shape index (κ3) is 12.8. The molecule has 2 unspecified atom stereocenters. The molecular weight excluding hydrogens is 1110 g/mol. The number of carbonyl (C=O) groups excluding carboxylic acids is 4. The number of ether oxygens (including phenoxy) is 5. The maximum Gasteiger partial charge on any atom is 0.317 e. The predicted octanol–water partition coefficient (Wildman–Crippen LogP) is 5.12. The van der Waals surface area contributed by atoms with E-state index in [-0.39, 0.29) is 24.9 Å². The first kappa shape index (κ1) is 59.4. The number of esters is 1. The molecule has 0 radical (unpaired) electrons. The zero-order valence-electron chi connectivity index (χ0n) is 45.0. The third-order valence-corrected chi connectivity index (χ3v) is 18.4. The van der Waals surface area contributed by atoms with Gasteiger partial charge in [0, 0.05) is 85.8 Å². The summed E-state index contributed by atoms with van der Waals surface area (Å²) in [5.41, 5.74) is 0.0861. The van der Waals surface area contributed by atoms with Crippen LogP contribution in [-0.4, -0.2) is 177 Å². The minimum atomic E-state index is -1.50. The summed E-state index contributed by atoms with van der Waals surface area (Å²) in [6.45, 7) is 11.2. The fraction of sp³-hybridized carbons (Fsp3) is 0.630. The number of nitrogens with zero attached hydrogens (tertiary/aromatic N) is 8. The lowest BCUT2D eigenvalue weighted by atomic mass is 9.65. The molecule has 22 heteroatoms. The summed E-state index contributed by atoms with van der Waals surface area (Å²) in [6.07, 6.45) is 8.02. The number of rotatable bonds is 19. The summed E-state index contributed by atoms with van der Waals surface area (Å²) in [5, 5.41) is 42.3. The molecule has 3 aliphatic rings. The number of ketones is 2. The van der Waals surface area contributed by atoms with Crippen molar-refractivity contribution in [2.24, 2.45) is 23.7 Å². The van der Waals surface area contributed by atoms with Gasteiger partial charge in [-0.3, -0.25) is 29.1 Å². The number of thioether (sulfide) groups is 1. The molecule has 0 bridgehead atoms. The van der Waals surface area contributed by atoms with Crippen LogP contribution in [0.3, 0.4) is 0 Å². The van der Waals surface area contributed by atoms with E-state index >= 15 is 4.79 Å². The number of hydrogen-bond acceptors (Lipinski definition) is 19. The van der Waals surface area contributed by atoms with Gasteiger partial charge in [0.05, 0.1) is 54.1 Å². The topological polar surface area (TPSA) is 243 Å². The molecule has 16 atom stereocenters. The van der Waals surface area contributed by atoms with Gasteiger partial charge in [0.15, 0.2) is 21.8 Å². The monoisotopic (exact) mass is 1190 g/mol. The number of Topliss-reactive ketones (excluding diaryl/α,β-unsaturated/α-hetero) is 2. The number of aryl methyl sites for hydroxylation is 1. The molecule has 20 nitrogen and oxygen atoms in total. The Labute approximate surface area is 463 Å². The number of likely N-dealkylation sites (tertiary alicyclic amines) is 1. The molecule has 0 saturated carbocycles. The largest absolute Gasteiger partial charge is 0.455 e. The number of methoxy groups -OCH3 is 1. The van der Waals surface area contributed by atoms with E-state index in [0.717, 1.165) is 16.2 Å². The highest BCUT2D eigenvalue weighted by Crippen LogP contribution is 2.48. The Bertz CT molecular complexity index is 2580. The first-order valence-electron chi connectivity index (χ1n) is 26.0. The maximum atomic E-state index is 15.3. The van der Waals surface area contributed by atoms with E-state index in [1.807, 2.05) is 114 Å². The second kappa shape index (κ2) is 25.7. The Morgan fingerprint density at radius 3 is 2.47 bits per heavy atom. The minimum Gasteiger partial charge on any atom is -0.455 e. The van der Waals surface area contributed by atoms with Crippen molar-refractivity contribution in [3.63, 3.8) is 0 Å². The lowest BCUT2D eigenvalue weighted by Crippen LogP contribution is -2.75. The fourth-order valence-electron chi connectivity index (χ4n) is 11.5. The summed E-state index contributed by atoms with van der Waals surface area (Å²) in [4.78, 5) is 70.0. The second-order valence-corrected chi connectivity index (χ2v) is 23.2. The zero-order valence-corrected chi connectivity index (χ0v) is 48.0. The van der Waals surface area contributed by atoms with Crippen molar-refractivity contribution in [2.75, 3.05) is 40.6 Å². The molecule has 6 heterocycles. The Balaban J connectivity index is 1.10. The number of hydrogen-bond donors (Lipinski definition) is 3. The molecule has 4 aromatic rings. The molecule has 0 amide bonds. The van der Waals surface area contributed by atoms with Crippen LogP contribution < -0.4 is 0 Å². The van der Waals surface area contributed by atoms with Gasteiger partial charge in [-0.1, -0.05) is 31.2 Å². The summed E-state index contributed by atoms with van der Waals surface area (Å²) in [6, 6.07) is 9.04. The third-order valence-electron chi connectivity index (χ3n) is 16.1. The van der Waals surface area contributed by atoms with Gasteiger partial charge < -0.3 is 48.5 Å². The number of aromatic nitrogens is 6. The Hall–Kier alpha value is -4.24. The summed E-state index contributed by atoms with van der Waals surface area (Å²) < 4.78 is 33.8. The average molecular weight is 1190 g/mol. The van der Waals surface area contributed by atoms with Crippen molar-refractivity contribution in [2.45, 2.75) is 155 Å². The van der Waals surface area contributed by atoms with Crippen LogP contribution in [0, 0.1) is 23.7 Å². The highest BCUT2D eigenvalue weighted by molar-refractivity contribution is 14.1. The van der Waals surface area contributed by atoms with Gasteiger partial charge in [-0.2, -0.15) is 0 Å². The van der Waals surface area contributed by atoms with Crippen molar-refractivity contribution in [1.82, 2.24) is 39.3 Å². The molecular formula is C54H75IN8O12S. The van der Waals surface area contributed by atoms with Gasteiger partial charge in [0.25, 0.3) is 6.47 Å². The first-order valence-corrected chi connectivity index (χ1v) is 28.4. The van der Waals surface area contributed by atoms with Gasteiger partial charge in [0.2, 0.25) is 0 Å². The fourth-order valence-corrected chi connectivity index (χ4v) is 12.7. The van der Waals surface area contributed by atoms with Gasteiger partial charge in [0.1, 0.15) is 30.0 Å². The van der Waals surface area contributed by atoms with Crippen LogP contribution in [0.2, 0.25) is 0 Å². The molecule has 7 rings (SSSR count). The smallest absolute Gasteiger partial charge is 0.317 e. The Morgan fingerprint density at radius 2 is 1.82 bits per heavy atom. The molecule has 3 saturated heterocycles. The van der Waals surface area contributed by atoms with E-state index < -0.39 is 99.6 Å². The van der Waals surface area contributed by atoms with Gasteiger partial charge in [-0.25, -0.2) is 9.67 Å². The maximum absolute atomic E-state index is 15.3. The zero-order chi connectivity index (χ0) is 55.2. The van der Waals surface area contributed by atoms with Crippen molar-refractivity contribution in [3.8, 4) is 11.3 Å². The van der Waals surface area contributed by atoms with E-state index in [4.69, 9.17) is 23.7 Å². The quantitative estimate of drug-likeness (QED) is 0.0276. The summed E-state index contributed by atoms with van der Waals surface area (Å²) in [7, 11) is 5.24. The van der Waals surface area contributed by atoms with Crippen LogP contribution in [0.15, 0.2) is 72.4 Å². The van der Waals surface area contributed by atoms with Gasteiger partial charge in [-0.05, 0) is 126 Å². The predicted molar refractivity (Wildman–Crippen MR) is 290 cm³/mol. The number of aliphatic hydroxyl groups is 3. The lowest BCUT2D eigenvalue weighted by molar-refractivity contribution is -0.296. The molecule has 0 spiro atoms.